The smallest absolute Gasteiger partial charge is 0.264 e. The topological polar surface area (TPSA) is 65.2 Å². The molecular weight excluding hydrogens is 162 g/mol. The Balaban J connectivity index is 0.000000360. The van der Waals surface area contributed by atoms with Crippen molar-refractivity contribution in [3.8, 4) is 0 Å². The van der Waals surface area contributed by atoms with Crippen LogP contribution in [0.3, 0.4) is 0 Å². The molecule has 0 aliphatic heterocycles. The summed E-state index contributed by atoms with van der Waals surface area (Å²) in [4.78, 5) is 0. The molecule has 1 aromatic rings. The van der Waals surface area contributed by atoms with E-state index in [0.29, 0.717) is 0 Å². The van der Waals surface area contributed by atoms with Crippen LogP contribution in [-0.2, 0) is 0 Å². The Morgan fingerprint density at radius 1 is 1.86 bits per heavy atom. The third-order valence-corrected chi connectivity index (χ3v) is 0.392. The number of rotatable bonds is 0. The Morgan fingerprint density at radius 2 is 2.57 bits per heavy atom. The molecule has 0 radical (unpaired) electrons. The highest BCUT2D eigenvalue weighted by molar-refractivity contribution is 4.37. The minimum atomic E-state index is 0. The summed E-state index contributed by atoms with van der Waals surface area (Å²) in [5, 5.41) is 12.1. The highest BCUT2D eigenvalue weighted by Crippen LogP contribution is 1.39. The monoisotopic (exact) mass is 164 g/mol. The van der Waals surface area contributed by atoms with Gasteiger partial charge in [-0.25, -0.2) is 0 Å². The lowest BCUT2D eigenvalue weighted by atomic mass is 10.9. The van der Waals surface area contributed by atoms with Gasteiger partial charge in [0.15, 0.2) is 0 Å². The molecule has 0 fully saturated rings. The highest BCUT2D eigenvalue weighted by atomic mass is 79.9. The van der Waals surface area contributed by atoms with Gasteiger partial charge in [-0.1, -0.05) is 0 Å². The Bertz CT molecular complexity index is 151. The van der Waals surface area contributed by atoms with Crippen LogP contribution in [-0.4, -0.2) is 0 Å². The quantitative estimate of drug-likeness (QED) is 0.421. The van der Waals surface area contributed by atoms with Crippen molar-refractivity contribution in [1.29, 1.82) is 5.41 Å². The molecule has 0 saturated heterocycles. The molecule has 1 heterocycles. The lowest BCUT2D eigenvalue weighted by molar-refractivity contribution is -0.479. The van der Waals surface area contributed by atoms with E-state index in [1.54, 1.807) is 0 Å². The van der Waals surface area contributed by atoms with Crippen molar-refractivity contribution >= 4 is 0 Å². The van der Waals surface area contributed by atoms with E-state index in [1.165, 1.54) is 6.20 Å². The van der Waals surface area contributed by atoms with E-state index < -0.39 is 0 Å². The maximum atomic E-state index is 6.61. The first-order valence-corrected chi connectivity index (χ1v) is 1.44. The number of aromatic amines is 1. The summed E-state index contributed by atoms with van der Waals surface area (Å²) in [7, 11) is 0. The van der Waals surface area contributed by atoms with Crippen molar-refractivity contribution in [1.82, 2.24) is 5.27 Å². The minimum Gasteiger partial charge on any atom is -1.00 e. The second-order valence-corrected chi connectivity index (χ2v) is 0.820. The molecule has 0 atom stereocenters. The number of hydrogen-bond acceptors (Lipinski definition) is 2. The van der Waals surface area contributed by atoms with Gasteiger partial charge in [-0.2, -0.15) is 0 Å². The molecule has 4 nitrogen and oxygen atoms in total. The van der Waals surface area contributed by atoms with Crippen LogP contribution in [0.25, 0.3) is 0 Å². The molecule has 0 saturated carbocycles. The third kappa shape index (κ3) is 1.54. The molecule has 0 aliphatic carbocycles. The summed E-state index contributed by atoms with van der Waals surface area (Å²) in [5.41, 5.74) is 0.0509. The molecule has 2 N–H and O–H groups in total. The zero-order valence-electron chi connectivity index (χ0n) is 3.31. The van der Waals surface area contributed by atoms with Gasteiger partial charge in [0.1, 0.15) is 0 Å². The van der Waals surface area contributed by atoms with Crippen molar-refractivity contribution in [3.05, 3.63) is 11.8 Å². The number of aromatic nitrogens is 2. The second kappa shape index (κ2) is 2.57. The van der Waals surface area contributed by atoms with Crippen LogP contribution in [0.2, 0.25) is 0 Å². The summed E-state index contributed by atoms with van der Waals surface area (Å²) in [5.74, 6) is 0. The van der Waals surface area contributed by atoms with Crippen molar-refractivity contribution in [2.45, 2.75) is 0 Å². The van der Waals surface area contributed by atoms with Gasteiger partial charge in [-0.3, -0.25) is 15.8 Å². The average Bonchev–Trinajstić information content (AvgIpc) is 1.86. The standard InChI is InChI=1S/C2H3N3O.BrH/c3-2-1-4-5-6-2;/h1,3-4H;1H/p-1. The van der Waals surface area contributed by atoms with Gasteiger partial charge < -0.3 is 21.5 Å². The van der Waals surface area contributed by atoms with Crippen LogP contribution in [0.15, 0.2) is 10.7 Å². The lowest BCUT2D eigenvalue weighted by Gasteiger charge is -1.65. The Labute approximate surface area is 49.8 Å². The van der Waals surface area contributed by atoms with Crippen molar-refractivity contribution < 1.29 is 26.6 Å². The van der Waals surface area contributed by atoms with Crippen molar-refractivity contribution in [2.24, 2.45) is 0 Å². The Hall–Kier alpha value is -0.580. The molecule has 40 valence electrons. The Kier molecular flexibility index (Phi) is 2.36. The zero-order valence-corrected chi connectivity index (χ0v) is 4.90. The van der Waals surface area contributed by atoms with Gasteiger partial charge in [0.2, 0.25) is 6.20 Å². The fourth-order valence-electron chi connectivity index (χ4n) is 0.187. The number of nitrogens with zero attached hydrogens (tertiary/aromatic N) is 1. The fraction of sp³-hybridized carbons (Fsp3) is 0. The van der Waals surface area contributed by atoms with Gasteiger partial charge >= 0.3 is 0 Å². The summed E-state index contributed by atoms with van der Waals surface area (Å²) < 4.78 is 4.19. The summed E-state index contributed by atoms with van der Waals surface area (Å²) >= 11 is 0. The van der Waals surface area contributed by atoms with Gasteiger partial charge in [-0.05, 0) is 0 Å². The van der Waals surface area contributed by atoms with Gasteiger partial charge in [0.05, 0.1) is 0 Å². The highest BCUT2D eigenvalue weighted by Gasteiger charge is 1.69. The molecule has 1 rings (SSSR count). The van der Waals surface area contributed by atoms with E-state index in [2.05, 4.69) is 14.9 Å². The molecule has 0 aromatic carbocycles. The van der Waals surface area contributed by atoms with Gasteiger partial charge in [0.25, 0.3) is 5.55 Å². The average molecular weight is 165 g/mol. The molecule has 0 aliphatic rings. The number of nitrogens with one attached hydrogen (secondary N) is 2. The van der Waals surface area contributed by atoms with E-state index in [4.69, 9.17) is 5.41 Å². The summed E-state index contributed by atoms with van der Waals surface area (Å²) in [6.45, 7) is 0. The first kappa shape index (κ1) is 6.42. The summed E-state index contributed by atoms with van der Waals surface area (Å²) in [6.07, 6.45) is 1.35. The largest absolute Gasteiger partial charge is 1.00 e. The number of H-pyrrole nitrogens is 1. The van der Waals surface area contributed by atoms with E-state index in [0.717, 1.165) is 0 Å². The zero-order chi connectivity index (χ0) is 4.41. The fourth-order valence-corrected chi connectivity index (χ4v) is 0.187. The van der Waals surface area contributed by atoms with Crippen LogP contribution >= 0.6 is 0 Å². The number of hydrogen-bond donors (Lipinski definition) is 1. The minimum absolute atomic E-state index is 0. The second-order valence-electron chi connectivity index (χ2n) is 0.820. The van der Waals surface area contributed by atoms with Gasteiger partial charge in [-0.15, -0.1) is 0 Å². The molecule has 7 heavy (non-hydrogen) atoms. The van der Waals surface area contributed by atoms with Crippen LogP contribution < -0.4 is 32.9 Å². The van der Waals surface area contributed by atoms with Crippen LogP contribution in [0.5, 0.6) is 0 Å². The van der Waals surface area contributed by atoms with E-state index in [-0.39, 0.29) is 22.5 Å². The molecule has 0 bridgehead atoms. The van der Waals surface area contributed by atoms with E-state index >= 15 is 0 Å². The predicted molar refractivity (Wildman–Crippen MR) is 14.4 cm³/mol. The predicted octanol–water partition coefficient (Wildman–Crippen LogP) is -4.47. The maximum absolute atomic E-state index is 6.61. The van der Waals surface area contributed by atoms with E-state index in [1.807, 2.05) is 0 Å². The first-order valence-electron chi connectivity index (χ1n) is 1.44. The molecular formula is C2H3BrN3O-. The lowest BCUT2D eigenvalue weighted by Crippen LogP contribution is -3.00. The molecule has 0 spiro atoms. The third-order valence-electron chi connectivity index (χ3n) is 0.392. The molecule has 5 heteroatoms. The first-order chi connectivity index (χ1) is 2.89. The van der Waals surface area contributed by atoms with Crippen LogP contribution in [0.1, 0.15) is 0 Å². The van der Waals surface area contributed by atoms with Crippen LogP contribution in [0, 0.1) is 5.41 Å². The molecule has 0 amide bonds. The number of halogens is 1. The van der Waals surface area contributed by atoms with E-state index in [9.17, 15) is 0 Å². The summed E-state index contributed by atoms with van der Waals surface area (Å²) in [6, 6.07) is 0. The Morgan fingerprint density at radius 3 is 2.71 bits per heavy atom. The van der Waals surface area contributed by atoms with Gasteiger partial charge in [0, 0.05) is 0 Å². The van der Waals surface area contributed by atoms with Crippen molar-refractivity contribution in [3.63, 3.8) is 0 Å². The molecule has 1 aromatic heterocycles. The molecule has 0 unspecified atom stereocenters. The van der Waals surface area contributed by atoms with Crippen molar-refractivity contribution in [2.75, 3.05) is 0 Å². The maximum Gasteiger partial charge on any atom is 0.264 e. The van der Waals surface area contributed by atoms with Crippen LogP contribution in [0.4, 0.5) is 0 Å². The normalized spacial score (nSPS) is 7.43. The SMILES string of the molecule is N=c1c[nH+][n-]o1.[Br-].